The van der Waals surface area contributed by atoms with Crippen LogP contribution >= 0.6 is 0 Å². The SMILES string of the molecule is CC(=O)N(CCC(=O)N1CCCC(C)C1)CCN1CCOCC1. The van der Waals surface area contributed by atoms with Crippen LogP contribution in [0, 0.1) is 5.92 Å². The molecule has 0 N–H and O–H groups in total. The van der Waals surface area contributed by atoms with Crippen molar-refractivity contribution in [1.82, 2.24) is 14.7 Å². The third-order valence-corrected chi connectivity index (χ3v) is 4.84. The normalized spacial score (nSPS) is 22.9. The van der Waals surface area contributed by atoms with Crippen molar-refractivity contribution in [3.63, 3.8) is 0 Å². The second-order valence-corrected chi connectivity index (χ2v) is 6.80. The van der Waals surface area contributed by atoms with Crippen molar-refractivity contribution >= 4 is 11.8 Å². The first-order valence-electron chi connectivity index (χ1n) is 8.89. The van der Waals surface area contributed by atoms with E-state index >= 15 is 0 Å². The molecule has 0 saturated carbocycles. The molecule has 2 aliphatic rings. The van der Waals surface area contributed by atoms with Gasteiger partial charge >= 0.3 is 0 Å². The first kappa shape index (κ1) is 18.2. The van der Waals surface area contributed by atoms with E-state index in [0.29, 0.717) is 25.4 Å². The maximum atomic E-state index is 12.3. The minimum atomic E-state index is 0.0538. The van der Waals surface area contributed by atoms with Gasteiger partial charge in [-0.1, -0.05) is 6.92 Å². The highest BCUT2D eigenvalue weighted by molar-refractivity contribution is 5.78. The highest BCUT2D eigenvalue weighted by Gasteiger charge is 2.22. The summed E-state index contributed by atoms with van der Waals surface area (Å²) in [7, 11) is 0. The zero-order valence-electron chi connectivity index (χ0n) is 14.6. The molecule has 2 fully saturated rings. The molecule has 2 aliphatic heterocycles. The van der Waals surface area contributed by atoms with Crippen molar-refractivity contribution in [3.8, 4) is 0 Å². The number of nitrogens with zero attached hydrogens (tertiary/aromatic N) is 3. The molecule has 6 heteroatoms. The average molecular weight is 325 g/mol. The maximum absolute atomic E-state index is 12.3. The minimum absolute atomic E-state index is 0.0538. The Labute approximate surface area is 139 Å². The van der Waals surface area contributed by atoms with E-state index in [1.54, 1.807) is 11.8 Å². The van der Waals surface area contributed by atoms with Gasteiger partial charge in [0, 0.05) is 59.2 Å². The molecule has 23 heavy (non-hydrogen) atoms. The first-order chi connectivity index (χ1) is 11.1. The van der Waals surface area contributed by atoms with Gasteiger partial charge in [-0.05, 0) is 18.8 Å². The van der Waals surface area contributed by atoms with Crippen LogP contribution in [0.4, 0.5) is 0 Å². The van der Waals surface area contributed by atoms with Gasteiger partial charge in [0.2, 0.25) is 11.8 Å². The monoisotopic (exact) mass is 325 g/mol. The number of hydrogen-bond acceptors (Lipinski definition) is 4. The Bertz CT molecular complexity index is 397. The molecule has 1 unspecified atom stereocenters. The molecule has 2 rings (SSSR count). The van der Waals surface area contributed by atoms with E-state index < -0.39 is 0 Å². The molecule has 0 aromatic carbocycles. The van der Waals surface area contributed by atoms with Gasteiger partial charge < -0.3 is 14.5 Å². The number of rotatable bonds is 6. The van der Waals surface area contributed by atoms with Crippen LogP contribution in [0.3, 0.4) is 0 Å². The summed E-state index contributed by atoms with van der Waals surface area (Å²) in [6, 6.07) is 0. The standard InChI is InChI=1S/C17H31N3O3/c1-15-4-3-6-20(14-15)17(22)5-7-19(16(2)21)9-8-18-10-12-23-13-11-18/h15H,3-14H2,1-2H3. The molecule has 0 aromatic heterocycles. The van der Waals surface area contributed by atoms with E-state index in [4.69, 9.17) is 4.74 Å². The van der Waals surface area contributed by atoms with Crippen molar-refractivity contribution in [2.45, 2.75) is 33.1 Å². The van der Waals surface area contributed by atoms with Crippen LogP contribution in [0.15, 0.2) is 0 Å². The van der Waals surface area contributed by atoms with Crippen molar-refractivity contribution in [3.05, 3.63) is 0 Å². The van der Waals surface area contributed by atoms with Crippen molar-refractivity contribution in [2.24, 2.45) is 5.92 Å². The number of morpholine rings is 1. The highest BCUT2D eigenvalue weighted by atomic mass is 16.5. The number of carbonyl (C=O) groups excluding carboxylic acids is 2. The summed E-state index contributed by atoms with van der Waals surface area (Å²) in [5.41, 5.74) is 0. The van der Waals surface area contributed by atoms with E-state index in [1.165, 1.54) is 6.42 Å². The van der Waals surface area contributed by atoms with Gasteiger partial charge in [0.1, 0.15) is 0 Å². The van der Waals surface area contributed by atoms with Gasteiger partial charge in [0.15, 0.2) is 0 Å². The van der Waals surface area contributed by atoms with Gasteiger partial charge in [-0.2, -0.15) is 0 Å². The van der Waals surface area contributed by atoms with E-state index in [0.717, 1.165) is 52.4 Å². The van der Waals surface area contributed by atoms with Crippen LogP contribution in [0.5, 0.6) is 0 Å². The zero-order valence-corrected chi connectivity index (χ0v) is 14.6. The van der Waals surface area contributed by atoms with Crippen LogP contribution in [0.2, 0.25) is 0 Å². The Morgan fingerprint density at radius 2 is 1.91 bits per heavy atom. The smallest absolute Gasteiger partial charge is 0.224 e. The summed E-state index contributed by atoms with van der Waals surface area (Å²) in [5, 5.41) is 0. The molecule has 0 aromatic rings. The molecular formula is C17H31N3O3. The third-order valence-electron chi connectivity index (χ3n) is 4.84. The topological polar surface area (TPSA) is 53.1 Å². The van der Waals surface area contributed by atoms with Crippen molar-refractivity contribution in [2.75, 3.05) is 59.0 Å². The zero-order chi connectivity index (χ0) is 16.7. The lowest BCUT2D eigenvalue weighted by atomic mass is 10.00. The number of piperidine rings is 1. The molecule has 1 atom stereocenters. The summed E-state index contributed by atoms with van der Waals surface area (Å²) in [6.45, 7) is 11.0. The van der Waals surface area contributed by atoms with E-state index in [2.05, 4.69) is 11.8 Å². The predicted molar refractivity (Wildman–Crippen MR) is 89.1 cm³/mol. The molecule has 2 amide bonds. The van der Waals surface area contributed by atoms with Gasteiger partial charge in [0.25, 0.3) is 0 Å². The average Bonchev–Trinajstić information content (AvgIpc) is 2.55. The first-order valence-corrected chi connectivity index (χ1v) is 8.89. The largest absolute Gasteiger partial charge is 0.379 e. The fourth-order valence-electron chi connectivity index (χ4n) is 3.32. The van der Waals surface area contributed by atoms with E-state index in [1.807, 2.05) is 4.90 Å². The lowest BCUT2D eigenvalue weighted by Gasteiger charge is -2.32. The number of amides is 2. The number of hydrogen-bond donors (Lipinski definition) is 0. The summed E-state index contributed by atoms with van der Waals surface area (Å²) in [5.74, 6) is 0.838. The number of likely N-dealkylation sites (tertiary alicyclic amines) is 1. The van der Waals surface area contributed by atoms with Crippen LogP contribution in [-0.2, 0) is 14.3 Å². The van der Waals surface area contributed by atoms with Gasteiger partial charge in [0.05, 0.1) is 13.2 Å². The van der Waals surface area contributed by atoms with Crippen molar-refractivity contribution < 1.29 is 14.3 Å². The predicted octanol–water partition coefficient (Wildman–Crippen LogP) is 0.816. The van der Waals surface area contributed by atoms with Gasteiger partial charge in [-0.15, -0.1) is 0 Å². The Morgan fingerprint density at radius 3 is 2.57 bits per heavy atom. The number of carbonyl (C=O) groups is 2. The second-order valence-electron chi connectivity index (χ2n) is 6.80. The maximum Gasteiger partial charge on any atom is 0.224 e. The molecule has 0 bridgehead atoms. The Kier molecular flexibility index (Phi) is 7.30. The number of ether oxygens (including phenoxy) is 1. The van der Waals surface area contributed by atoms with Crippen LogP contribution in [0.25, 0.3) is 0 Å². The minimum Gasteiger partial charge on any atom is -0.379 e. The fourth-order valence-corrected chi connectivity index (χ4v) is 3.32. The second kappa shape index (κ2) is 9.23. The molecule has 2 heterocycles. The highest BCUT2D eigenvalue weighted by Crippen LogP contribution is 2.16. The Hall–Kier alpha value is -1.14. The molecule has 0 radical (unpaired) electrons. The molecule has 0 aliphatic carbocycles. The summed E-state index contributed by atoms with van der Waals surface area (Å²) in [4.78, 5) is 30.2. The van der Waals surface area contributed by atoms with Crippen molar-refractivity contribution in [1.29, 1.82) is 0 Å². The fraction of sp³-hybridized carbons (Fsp3) is 0.882. The lowest BCUT2D eigenvalue weighted by molar-refractivity contribution is -0.134. The van der Waals surface area contributed by atoms with Crippen LogP contribution < -0.4 is 0 Å². The van der Waals surface area contributed by atoms with E-state index in [-0.39, 0.29) is 11.8 Å². The van der Waals surface area contributed by atoms with Crippen LogP contribution in [0.1, 0.15) is 33.1 Å². The molecule has 6 nitrogen and oxygen atoms in total. The summed E-state index contributed by atoms with van der Waals surface area (Å²) in [6.07, 6.45) is 2.75. The summed E-state index contributed by atoms with van der Waals surface area (Å²) >= 11 is 0. The molecule has 132 valence electrons. The van der Waals surface area contributed by atoms with Gasteiger partial charge in [-0.25, -0.2) is 0 Å². The van der Waals surface area contributed by atoms with Gasteiger partial charge in [-0.3, -0.25) is 14.5 Å². The Morgan fingerprint density at radius 1 is 1.17 bits per heavy atom. The lowest BCUT2D eigenvalue weighted by Crippen LogP contribution is -2.44. The third kappa shape index (κ3) is 6.11. The molecule has 0 spiro atoms. The quantitative estimate of drug-likeness (QED) is 0.725. The Balaban J connectivity index is 1.72. The summed E-state index contributed by atoms with van der Waals surface area (Å²) < 4.78 is 5.34. The van der Waals surface area contributed by atoms with Crippen LogP contribution in [-0.4, -0.2) is 85.5 Å². The molecule has 2 saturated heterocycles. The molecular weight excluding hydrogens is 294 g/mol. The van der Waals surface area contributed by atoms with E-state index in [9.17, 15) is 9.59 Å².